The van der Waals surface area contributed by atoms with Crippen molar-refractivity contribution in [3.8, 4) is 0 Å². The Hall–Kier alpha value is -1.35. The molecule has 3 heteroatoms. The van der Waals surface area contributed by atoms with E-state index in [1.807, 2.05) is 6.33 Å². The Bertz CT molecular complexity index is 571. The smallest absolute Gasteiger partial charge is 0.0958 e. The third kappa shape index (κ3) is 4.31. The lowest BCUT2D eigenvalue weighted by molar-refractivity contribution is 0.472. The van der Waals surface area contributed by atoms with E-state index in [0.717, 1.165) is 18.6 Å². The van der Waals surface area contributed by atoms with Gasteiger partial charge < -0.3 is 9.88 Å². The van der Waals surface area contributed by atoms with Gasteiger partial charge in [-0.05, 0) is 50.5 Å². The molecule has 0 spiro atoms. The number of rotatable bonds is 8. The lowest BCUT2D eigenvalue weighted by Gasteiger charge is -2.14. The van der Waals surface area contributed by atoms with Gasteiger partial charge in [0.05, 0.1) is 17.4 Å². The van der Waals surface area contributed by atoms with Crippen molar-refractivity contribution >= 4 is 11.0 Å². The fourth-order valence-electron chi connectivity index (χ4n) is 2.73. The van der Waals surface area contributed by atoms with Crippen molar-refractivity contribution in [1.82, 2.24) is 14.9 Å². The number of benzene rings is 1. The van der Waals surface area contributed by atoms with Gasteiger partial charge in [-0.15, -0.1) is 0 Å². The van der Waals surface area contributed by atoms with Crippen LogP contribution in [0.25, 0.3) is 11.0 Å². The Balaban J connectivity index is 1.87. The molecule has 2 aromatic rings. The molecule has 0 aliphatic carbocycles. The van der Waals surface area contributed by atoms with E-state index in [1.54, 1.807) is 0 Å². The molecular weight excluding hydrogens is 258 g/mol. The maximum absolute atomic E-state index is 4.51. The van der Waals surface area contributed by atoms with Crippen molar-refractivity contribution < 1.29 is 0 Å². The first-order chi connectivity index (χ1) is 10.1. The van der Waals surface area contributed by atoms with Gasteiger partial charge in [0.25, 0.3) is 0 Å². The maximum atomic E-state index is 4.51. The zero-order chi connectivity index (χ0) is 15.2. The predicted octanol–water partition coefficient (Wildman–Crippen LogP) is 4.21. The van der Waals surface area contributed by atoms with Crippen LogP contribution in [0.5, 0.6) is 0 Å². The largest absolute Gasteiger partial charge is 0.329 e. The second-order valence-electron chi connectivity index (χ2n) is 6.21. The number of aryl methyl sites for hydroxylation is 2. The molecule has 0 saturated heterocycles. The molecule has 1 N–H and O–H groups in total. The van der Waals surface area contributed by atoms with Gasteiger partial charge in [0.2, 0.25) is 0 Å². The number of hydrogen-bond acceptors (Lipinski definition) is 2. The molecular formula is C18H29N3. The Morgan fingerprint density at radius 3 is 2.71 bits per heavy atom. The van der Waals surface area contributed by atoms with Crippen LogP contribution in [0.4, 0.5) is 0 Å². The minimum Gasteiger partial charge on any atom is -0.329 e. The van der Waals surface area contributed by atoms with Gasteiger partial charge in [-0.1, -0.05) is 26.2 Å². The van der Waals surface area contributed by atoms with E-state index in [9.17, 15) is 0 Å². The van der Waals surface area contributed by atoms with Crippen LogP contribution in [0.15, 0.2) is 18.5 Å². The van der Waals surface area contributed by atoms with Crippen LogP contribution in [0.2, 0.25) is 0 Å². The summed E-state index contributed by atoms with van der Waals surface area (Å²) in [6, 6.07) is 5.04. The summed E-state index contributed by atoms with van der Waals surface area (Å²) in [6.45, 7) is 10.8. The van der Waals surface area contributed by atoms with Crippen LogP contribution >= 0.6 is 0 Å². The minimum absolute atomic E-state index is 0.607. The highest BCUT2D eigenvalue weighted by atomic mass is 15.1. The lowest BCUT2D eigenvalue weighted by Crippen LogP contribution is -2.29. The summed E-state index contributed by atoms with van der Waals surface area (Å²) in [7, 11) is 0. The number of nitrogens with zero attached hydrogens (tertiary/aromatic N) is 2. The van der Waals surface area contributed by atoms with Gasteiger partial charge in [0.15, 0.2) is 0 Å². The van der Waals surface area contributed by atoms with E-state index in [2.05, 4.69) is 54.7 Å². The summed E-state index contributed by atoms with van der Waals surface area (Å²) in [5, 5.41) is 3.62. The summed E-state index contributed by atoms with van der Waals surface area (Å²) in [6.07, 6.45) is 7.21. The van der Waals surface area contributed by atoms with Crippen LogP contribution in [0.1, 0.15) is 50.7 Å². The molecule has 1 heterocycles. The molecule has 1 aromatic carbocycles. The van der Waals surface area contributed by atoms with Crippen molar-refractivity contribution in [3.05, 3.63) is 29.6 Å². The third-order valence-corrected chi connectivity index (χ3v) is 4.32. The molecule has 3 nitrogen and oxygen atoms in total. The number of nitrogens with one attached hydrogen (secondary N) is 1. The van der Waals surface area contributed by atoms with Crippen LogP contribution in [0, 0.1) is 13.8 Å². The molecule has 1 atom stereocenters. The standard InChI is InChI=1S/C18H29N3/c1-5-6-7-8-16(4)19-9-10-21-13-20-17-11-14(2)15(3)12-18(17)21/h11-13,16,19H,5-10H2,1-4H3. The number of imidazole rings is 1. The molecule has 1 aromatic heterocycles. The monoisotopic (exact) mass is 287 g/mol. The topological polar surface area (TPSA) is 29.9 Å². The molecule has 0 saturated carbocycles. The molecule has 1 unspecified atom stereocenters. The van der Waals surface area contributed by atoms with Crippen LogP contribution in [-0.2, 0) is 6.54 Å². The highest BCUT2D eigenvalue weighted by Crippen LogP contribution is 2.18. The first kappa shape index (κ1) is 16.0. The zero-order valence-corrected chi connectivity index (χ0v) is 13.9. The summed E-state index contributed by atoms with van der Waals surface area (Å²) in [4.78, 5) is 4.51. The summed E-state index contributed by atoms with van der Waals surface area (Å²) >= 11 is 0. The van der Waals surface area contributed by atoms with Crippen molar-refractivity contribution in [1.29, 1.82) is 0 Å². The van der Waals surface area contributed by atoms with Crippen molar-refractivity contribution in [3.63, 3.8) is 0 Å². The van der Waals surface area contributed by atoms with E-state index < -0.39 is 0 Å². The van der Waals surface area contributed by atoms with Crippen molar-refractivity contribution in [2.45, 2.75) is 66.0 Å². The van der Waals surface area contributed by atoms with Gasteiger partial charge in [0.1, 0.15) is 0 Å². The summed E-state index contributed by atoms with van der Waals surface area (Å²) < 4.78 is 2.26. The summed E-state index contributed by atoms with van der Waals surface area (Å²) in [5.74, 6) is 0. The first-order valence-electron chi connectivity index (χ1n) is 8.27. The lowest BCUT2D eigenvalue weighted by atomic mass is 10.1. The summed E-state index contributed by atoms with van der Waals surface area (Å²) in [5.41, 5.74) is 5.01. The fourth-order valence-corrected chi connectivity index (χ4v) is 2.73. The second-order valence-corrected chi connectivity index (χ2v) is 6.21. The van der Waals surface area contributed by atoms with E-state index >= 15 is 0 Å². The van der Waals surface area contributed by atoms with Crippen LogP contribution in [0.3, 0.4) is 0 Å². The Morgan fingerprint density at radius 1 is 1.19 bits per heavy atom. The number of aromatic nitrogens is 2. The molecule has 0 aliphatic rings. The SMILES string of the molecule is CCCCCC(C)NCCn1cnc2cc(C)c(C)cc21. The van der Waals surface area contributed by atoms with E-state index in [0.29, 0.717) is 6.04 Å². The molecule has 0 aliphatic heterocycles. The van der Waals surface area contributed by atoms with Crippen molar-refractivity contribution in [2.75, 3.05) is 6.54 Å². The third-order valence-electron chi connectivity index (χ3n) is 4.32. The highest BCUT2D eigenvalue weighted by Gasteiger charge is 2.06. The Labute approximate surface area is 128 Å². The first-order valence-corrected chi connectivity index (χ1v) is 8.27. The molecule has 0 bridgehead atoms. The number of fused-ring (bicyclic) bond motifs is 1. The Kier molecular flexibility index (Phi) is 5.80. The Morgan fingerprint density at radius 2 is 1.95 bits per heavy atom. The fraction of sp³-hybridized carbons (Fsp3) is 0.611. The average Bonchev–Trinajstić information content (AvgIpc) is 2.82. The zero-order valence-electron chi connectivity index (χ0n) is 13.9. The normalized spacial score (nSPS) is 13.0. The van der Waals surface area contributed by atoms with Gasteiger partial charge in [-0.3, -0.25) is 0 Å². The van der Waals surface area contributed by atoms with E-state index in [4.69, 9.17) is 0 Å². The molecule has 0 fully saturated rings. The van der Waals surface area contributed by atoms with Gasteiger partial charge in [-0.25, -0.2) is 4.98 Å². The highest BCUT2D eigenvalue weighted by molar-refractivity contribution is 5.77. The van der Waals surface area contributed by atoms with Gasteiger partial charge >= 0.3 is 0 Å². The molecule has 21 heavy (non-hydrogen) atoms. The van der Waals surface area contributed by atoms with Crippen LogP contribution in [-0.4, -0.2) is 22.1 Å². The molecule has 0 radical (unpaired) electrons. The second kappa shape index (κ2) is 7.60. The number of unbranched alkanes of at least 4 members (excludes halogenated alkanes) is 2. The average molecular weight is 287 g/mol. The number of hydrogen-bond donors (Lipinski definition) is 1. The predicted molar refractivity (Wildman–Crippen MR) is 90.8 cm³/mol. The maximum Gasteiger partial charge on any atom is 0.0958 e. The molecule has 0 amide bonds. The minimum atomic E-state index is 0.607. The van der Waals surface area contributed by atoms with Gasteiger partial charge in [-0.2, -0.15) is 0 Å². The quantitative estimate of drug-likeness (QED) is 0.737. The van der Waals surface area contributed by atoms with E-state index in [-0.39, 0.29) is 0 Å². The van der Waals surface area contributed by atoms with Gasteiger partial charge in [0, 0.05) is 19.1 Å². The molecule has 2 rings (SSSR count). The molecule has 116 valence electrons. The van der Waals surface area contributed by atoms with Crippen LogP contribution < -0.4 is 5.32 Å². The van der Waals surface area contributed by atoms with Crippen molar-refractivity contribution in [2.24, 2.45) is 0 Å². The van der Waals surface area contributed by atoms with E-state index in [1.165, 1.54) is 42.3 Å².